The van der Waals surface area contributed by atoms with Crippen LogP contribution < -0.4 is 10.6 Å². The minimum absolute atomic E-state index is 0.283. The van der Waals surface area contributed by atoms with Crippen LogP contribution in [0.15, 0.2) is 83.3 Å². The van der Waals surface area contributed by atoms with Crippen LogP contribution in [0.2, 0.25) is 5.02 Å². The summed E-state index contributed by atoms with van der Waals surface area (Å²) in [6, 6.07) is 23.3. The second kappa shape index (κ2) is 8.80. The molecule has 2 amide bonds. The van der Waals surface area contributed by atoms with Crippen LogP contribution in [0.3, 0.4) is 0 Å². The topological polar surface area (TPSA) is 80.0 Å². The van der Waals surface area contributed by atoms with Gasteiger partial charge in [-0.25, -0.2) is 4.79 Å². The van der Waals surface area contributed by atoms with Crippen LogP contribution in [-0.2, 0) is 0 Å². The number of hydrogen-bond acceptors (Lipinski definition) is 4. The van der Waals surface area contributed by atoms with Crippen LogP contribution in [0.25, 0.3) is 11.5 Å². The van der Waals surface area contributed by atoms with Crippen molar-refractivity contribution in [2.75, 3.05) is 5.32 Å². The molecule has 3 aromatic carbocycles. The van der Waals surface area contributed by atoms with Crippen LogP contribution in [0.1, 0.15) is 23.1 Å². The fourth-order valence-electron chi connectivity index (χ4n) is 2.99. The van der Waals surface area contributed by atoms with E-state index in [-0.39, 0.29) is 5.89 Å². The fourth-order valence-corrected chi connectivity index (χ4v) is 3.28. The van der Waals surface area contributed by atoms with Crippen molar-refractivity contribution in [3.05, 3.63) is 101 Å². The maximum Gasteiger partial charge on any atom is 0.320 e. The summed E-state index contributed by atoms with van der Waals surface area (Å²) < 4.78 is 5.89. The molecule has 0 unspecified atom stereocenters. The van der Waals surface area contributed by atoms with Gasteiger partial charge >= 0.3 is 6.03 Å². The van der Waals surface area contributed by atoms with Crippen LogP contribution in [0, 0.1) is 6.92 Å². The van der Waals surface area contributed by atoms with Crippen molar-refractivity contribution in [1.29, 1.82) is 0 Å². The number of rotatable bonds is 5. The predicted molar refractivity (Wildman–Crippen MR) is 116 cm³/mol. The smallest absolute Gasteiger partial charge is 0.320 e. The number of aryl methyl sites for hydroxylation is 1. The molecule has 0 bridgehead atoms. The largest absolute Gasteiger partial charge is 0.418 e. The van der Waals surface area contributed by atoms with Gasteiger partial charge in [0.05, 0.1) is 10.7 Å². The predicted octanol–water partition coefficient (Wildman–Crippen LogP) is 5.61. The van der Waals surface area contributed by atoms with Crippen molar-refractivity contribution in [2.45, 2.75) is 13.0 Å². The Kier molecular flexibility index (Phi) is 5.77. The van der Waals surface area contributed by atoms with Gasteiger partial charge in [-0.1, -0.05) is 66.2 Å². The molecule has 4 rings (SSSR count). The molecule has 0 fully saturated rings. The highest BCUT2D eigenvalue weighted by Crippen LogP contribution is 2.26. The number of carbonyl (C=O) groups is 1. The molecule has 0 aliphatic heterocycles. The minimum atomic E-state index is -0.625. The monoisotopic (exact) mass is 418 g/mol. The molecule has 1 heterocycles. The van der Waals surface area contributed by atoms with Gasteiger partial charge < -0.3 is 15.1 Å². The zero-order chi connectivity index (χ0) is 20.9. The van der Waals surface area contributed by atoms with E-state index in [1.165, 1.54) is 0 Å². The first-order valence-electron chi connectivity index (χ1n) is 9.37. The van der Waals surface area contributed by atoms with E-state index in [9.17, 15) is 4.79 Å². The number of urea groups is 1. The molecule has 0 radical (unpaired) electrons. The Labute approximate surface area is 178 Å². The maximum absolute atomic E-state index is 12.7. The maximum atomic E-state index is 12.7. The highest BCUT2D eigenvalue weighted by molar-refractivity contribution is 6.33. The molecule has 150 valence electrons. The number of carbonyl (C=O) groups excluding carboxylic acids is 1. The fraction of sp³-hybridized carbons (Fsp3) is 0.0870. The Morgan fingerprint density at radius 3 is 2.37 bits per heavy atom. The van der Waals surface area contributed by atoms with Crippen molar-refractivity contribution >= 4 is 23.3 Å². The van der Waals surface area contributed by atoms with Crippen molar-refractivity contribution < 1.29 is 9.21 Å². The average molecular weight is 419 g/mol. The first kappa shape index (κ1) is 19.7. The van der Waals surface area contributed by atoms with Gasteiger partial charge in [0.25, 0.3) is 0 Å². The highest BCUT2D eigenvalue weighted by Gasteiger charge is 2.23. The van der Waals surface area contributed by atoms with E-state index in [1.54, 1.807) is 12.1 Å². The van der Waals surface area contributed by atoms with Crippen molar-refractivity contribution in [3.63, 3.8) is 0 Å². The molecule has 0 aliphatic carbocycles. The van der Waals surface area contributed by atoms with Gasteiger partial charge in [-0.15, -0.1) is 10.2 Å². The SMILES string of the molecule is Cc1ccc(NC(=O)N[C@@H](c2ccccc2)c2nnc(-c3ccccc3)o2)c(Cl)c1. The number of aromatic nitrogens is 2. The van der Waals surface area contributed by atoms with Crippen molar-refractivity contribution in [2.24, 2.45) is 0 Å². The Morgan fingerprint density at radius 2 is 1.67 bits per heavy atom. The van der Waals surface area contributed by atoms with Crippen LogP contribution in [0.4, 0.5) is 10.5 Å². The molecule has 4 aromatic rings. The number of anilines is 1. The number of hydrogen-bond donors (Lipinski definition) is 2. The minimum Gasteiger partial charge on any atom is -0.418 e. The lowest BCUT2D eigenvalue weighted by molar-refractivity contribution is 0.248. The summed E-state index contributed by atoms with van der Waals surface area (Å²) in [6.07, 6.45) is 0. The second-order valence-corrected chi connectivity index (χ2v) is 7.14. The number of benzene rings is 3. The molecule has 6 nitrogen and oxygen atoms in total. The molecule has 2 N–H and O–H groups in total. The third kappa shape index (κ3) is 4.50. The van der Waals surface area contributed by atoms with E-state index in [0.717, 1.165) is 16.7 Å². The van der Waals surface area contributed by atoms with Gasteiger partial charge in [0, 0.05) is 5.56 Å². The molecular weight excluding hydrogens is 400 g/mol. The number of nitrogens with zero attached hydrogens (tertiary/aromatic N) is 2. The van der Waals surface area contributed by atoms with Crippen LogP contribution in [-0.4, -0.2) is 16.2 Å². The lowest BCUT2D eigenvalue weighted by Crippen LogP contribution is -2.33. The molecule has 1 aromatic heterocycles. The van der Waals surface area contributed by atoms with Gasteiger partial charge in [0.15, 0.2) is 0 Å². The molecule has 0 spiro atoms. The van der Waals surface area contributed by atoms with E-state index < -0.39 is 12.1 Å². The van der Waals surface area contributed by atoms with Crippen LogP contribution >= 0.6 is 11.6 Å². The molecule has 7 heteroatoms. The summed E-state index contributed by atoms with van der Waals surface area (Å²) in [4.78, 5) is 12.7. The lowest BCUT2D eigenvalue weighted by atomic mass is 10.1. The number of halogens is 1. The summed E-state index contributed by atoms with van der Waals surface area (Å²) in [7, 11) is 0. The summed E-state index contributed by atoms with van der Waals surface area (Å²) in [5, 5.41) is 14.4. The summed E-state index contributed by atoms with van der Waals surface area (Å²) in [6.45, 7) is 1.93. The molecule has 0 saturated carbocycles. The Hall–Kier alpha value is -3.64. The Bertz CT molecular complexity index is 1150. The zero-order valence-electron chi connectivity index (χ0n) is 16.2. The Morgan fingerprint density at radius 1 is 0.967 bits per heavy atom. The standard InChI is InChI=1S/C23H19ClN4O2/c1-15-12-13-19(18(24)14-15)25-23(29)26-20(16-8-4-2-5-9-16)22-28-27-21(30-22)17-10-6-3-7-11-17/h2-14,20H,1H3,(H2,25,26,29)/t20-/m0/s1. The Balaban J connectivity index is 1.60. The van der Waals surface area contributed by atoms with Gasteiger partial charge in [-0.05, 0) is 42.3 Å². The van der Waals surface area contributed by atoms with E-state index in [2.05, 4.69) is 20.8 Å². The second-order valence-electron chi connectivity index (χ2n) is 6.74. The highest BCUT2D eigenvalue weighted by atomic mass is 35.5. The van der Waals surface area contributed by atoms with E-state index >= 15 is 0 Å². The van der Waals surface area contributed by atoms with Crippen molar-refractivity contribution in [1.82, 2.24) is 15.5 Å². The third-order valence-electron chi connectivity index (χ3n) is 4.49. The summed E-state index contributed by atoms with van der Waals surface area (Å²) in [5.41, 5.74) is 3.14. The number of nitrogens with one attached hydrogen (secondary N) is 2. The number of amides is 2. The zero-order valence-corrected chi connectivity index (χ0v) is 16.9. The van der Waals surface area contributed by atoms with Crippen molar-refractivity contribution in [3.8, 4) is 11.5 Å². The van der Waals surface area contributed by atoms with E-state index in [1.807, 2.05) is 73.7 Å². The van der Waals surface area contributed by atoms with Gasteiger partial charge in [-0.2, -0.15) is 0 Å². The normalized spacial score (nSPS) is 11.7. The van der Waals surface area contributed by atoms with Crippen LogP contribution in [0.5, 0.6) is 0 Å². The molecular formula is C23H19ClN4O2. The lowest BCUT2D eigenvalue weighted by Gasteiger charge is -2.17. The first-order chi connectivity index (χ1) is 14.6. The summed E-state index contributed by atoms with van der Waals surface area (Å²) >= 11 is 6.23. The van der Waals surface area contributed by atoms with Gasteiger partial charge in [0.1, 0.15) is 6.04 Å². The molecule has 0 aliphatic rings. The first-order valence-corrected chi connectivity index (χ1v) is 9.75. The molecule has 1 atom stereocenters. The van der Waals surface area contributed by atoms with Gasteiger partial charge in [0.2, 0.25) is 11.8 Å². The molecule has 0 saturated heterocycles. The third-order valence-corrected chi connectivity index (χ3v) is 4.80. The summed E-state index contributed by atoms with van der Waals surface area (Å²) in [5.74, 6) is 0.667. The average Bonchev–Trinajstić information content (AvgIpc) is 3.25. The molecule has 30 heavy (non-hydrogen) atoms. The quantitative estimate of drug-likeness (QED) is 0.441. The van der Waals surface area contributed by atoms with E-state index in [4.69, 9.17) is 16.0 Å². The van der Waals surface area contributed by atoms with Gasteiger partial charge in [-0.3, -0.25) is 0 Å². The van der Waals surface area contributed by atoms with E-state index in [0.29, 0.717) is 16.6 Å².